The first-order valence-corrected chi connectivity index (χ1v) is 7.66. The highest BCUT2D eigenvalue weighted by Gasteiger charge is 2.20. The molecule has 3 rings (SSSR count). The lowest BCUT2D eigenvalue weighted by Crippen LogP contribution is -2.45. The molecule has 0 aliphatic carbocycles. The molecule has 0 bridgehead atoms. The van der Waals surface area contributed by atoms with Crippen molar-refractivity contribution in [3.63, 3.8) is 0 Å². The SMILES string of the molecule is CCN(Cc1cn2cccc(C)c2n1)C1CCCNC1. The first-order chi connectivity index (χ1) is 9.78. The number of hydrogen-bond donors (Lipinski definition) is 1. The van der Waals surface area contributed by atoms with E-state index in [0.717, 1.165) is 25.3 Å². The monoisotopic (exact) mass is 272 g/mol. The van der Waals surface area contributed by atoms with Crippen molar-refractivity contribution < 1.29 is 0 Å². The topological polar surface area (TPSA) is 32.6 Å². The van der Waals surface area contributed by atoms with Gasteiger partial charge >= 0.3 is 0 Å². The Labute approximate surface area is 120 Å². The number of nitrogens with one attached hydrogen (secondary N) is 1. The quantitative estimate of drug-likeness (QED) is 0.926. The molecule has 0 aromatic carbocycles. The summed E-state index contributed by atoms with van der Waals surface area (Å²) in [5.74, 6) is 0. The van der Waals surface area contributed by atoms with Crippen LogP contribution in [-0.2, 0) is 6.54 Å². The Balaban J connectivity index is 1.78. The molecular weight excluding hydrogens is 248 g/mol. The molecule has 20 heavy (non-hydrogen) atoms. The number of piperidine rings is 1. The fraction of sp³-hybridized carbons (Fsp3) is 0.562. The van der Waals surface area contributed by atoms with Gasteiger partial charge in [0, 0.05) is 31.5 Å². The van der Waals surface area contributed by atoms with Crippen molar-refractivity contribution in [3.8, 4) is 0 Å². The molecule has 2 aromatic heterocycles. The van der Waals surface area contributed by atoms with E-state index in [-0.39, 0.29) is 0 Å². The molecule has 4 heteroatoms. The molecule has 1 aliphatic rings. The summed E-state index contributed by atoms with van der Waals surface area (Å²) in [6.45, 7) is 8.68. The second kappa shape index (κ2) is 5.94. The first kappa shape index (κ1) is 13.6. The Bertz CT molecular complexity index is 569. The number of likely N-dealkylation sites (N-methyl/N-ethyl adjacent to an activating group) is 1. The molecule has 0 spiro atoms. The van der Waals surface area contributed by atoms with Crippen molar-refractivity contribution in [2.24, 2.45) is 0 Å². The van der Waals surface area contributed by atoms with Crippen LogP contribution in [-0.4, -0.2) is 40.0 Å². The van der Waals surface area contributed by atoms with Crippen LogP contribution in [0.3, 0.4) is 0 Å². The summed E-state index contributed by atoms with van der Waals surface area (Å²) < 4.78 is 2.14. The van der Waals surface area contributed by atoms with Crippen molar-refractivity contribution in [2.75, 3.05) is 19.6 Å². The van der Waals surface area contributed by atoms with Crippen molar-refractivity contribution in [1.82, 2.24) is 19.6 Å². The van der Waals surface area contributed by atoms with Crippen LogP contribution in [0, 0.1) is 6.92 Å². The van der Waals surface area contributed by atoms with Crippen LogP contribution in [0.2, 0.25) is 0 Å². The molecule has 1 unspecified atom stereocenters. The summed E-state index contributed by atoms with van der Waals surface area (Å²) in [6.07, 6.45) is 6.83. The van der Waals surface area contributed by atoms with Crippen molar-refractivity contribution in [2.45, 2.75) is 39.3 Å². The van der Waals surface area contributed by atoms with Gasteiger partial charge in [-0.05, 0) is 44.5 Å². The third-order valence-corrected chi connectivity index (χ3v) is 4.29. The third kappa shape index (κ3) is 2.72. The van der Waals surface area contributed by atoms with E-state index in [0.29, 0.717) is 6.04 Å². The summed E-state index contributed by atoms with van der Waals surface area (Å²) in [4.78, 5) is 7.34. The molecule has 0 amide bonds. The summed E-state index contributed by atoms with van der Waals surface area (Å²) in [5, 5.41) is 3.50. The van der Waals surface area contributed by atoms with Gasteiger partial charge in [-0.15, -0.1) is 0 Å². The molecule has 3 heterocycles. The molecule has 2 aromatic rings. The zero-order chi connectivity index (χ0) is 13.9. The number of rotatable bonds is 4. The number of nitrogens with zero attached hydrogens (tertiary/aromatic N) is 3. The number of fused-ring (bicyclic) bond motifs is 1. The first-order valence-electron chi connectivity index (χ1n) is 7.66. The Morgan fingerprint density at radius 3 is 3.10 bits per heavy atom. The Morgan fingerprint density at radius 1 is 1.50 bits per heavy atom. The van der Waals surface area contributed by atoms with Gasteiger partial charge in [0.25, 0.3) is 0 Å². The van der Waals surface area contributed by atoms with Crippen LogP contribution in [0.15, 0.2) is 24.5 Å². The molecule has 1 atom stereocenters. The Hall–Kier alpha value is -1.39. The third-order valence-electron chi connectivity index (χ3n) is 4.29. The number of aryl methyl sites for hydroxylation is 1. The Morgan fingerprint density at radius 2 is 2.40 bits per heavy atom. The van der Waals surface area contributed by atoms with E-state index < -0.39 is 0 Å². The Kier molecular flexibility index (Phi) is 4.03. The summed E-state index contributed by atoms with van der Waals surface area (Å²) in [6, 6.07) is 4.85. The number of aromatic nitrogens is 2. The minimum absolute atomic E-state index is 0.652. The van der Waals surface area contributed by atoms with Gasteiger partial charge in [0.2, 0.25) is 0 Å². The average Bonchev–Trinajstić information content (AvgIpc) is 2.90. The molecule has 1 saturated heterocycles. The van der Waals surface area contributed by atoms with Gasteiger partial charge in [-0.3, -0.25) is 4.90 Å². The standard InChI is InChI=1S/C16H24N4/c1-3-19(15-7-4-8-17-10-15)11-14-12-20-9-5-6-13(2)16(20)18-14/h5-6,9,12,15,17H,3-4,7-8,10-11H2,1-2H3. The minimum Gasteiger partial charge on any atom is -0.315 e. The molecule has 1 N–H and O–H groups in total. The van der Waals surface area contributed by atoms with E-state index in [9.17, 15) is 0 Å². The van der Waals surface area contributed by atoms with Crippen molar-refractivity contribution in [3.05, 3.63) is 35.8 Å². The van der Waals surface area contributed by atoms with E-state index >= 15 is 0 Å². The van der Waals surface area contributed by atoms with E-state index in [4.69, 9.17) is 4.98 Å². The zero-order valence-electron chi connectivity index (χ0n) is 12.5. The maximum absolute atomic E-state index is 4.80. The molecule has 1 aliphatic heterocycles. The number of hydrogen-bond acceptors (Lipinski definition) is 3. The highest BCUT2D eigenvalue weighted by atomic mass is 15.2. The largest absolute Gasteiger partial charge is 0.315 e. The molecule has 0 radical (unpaired) electrons. The van der Waals surface area contributed by atoms with E-state index in [1.165, 1.54) is 30.6 Å². The minimum atomic E-state index is 0.652. The molecule has 0 saturated carbocycles. The zero-order valence-corrected chi connectivity index (χ0v) is 12.5. The molecule has 1 fully saturated rings. The lowest BCUT2D eigenvalue weighted by Gasteiger charge is -2.33. The van der Waals surface area contributed by atoms with Crippen molar-refractivity contribution in [1.29, 1.82) is 0 Å². The second-order valence-corrected chi connectivity index (χ2v) is 5.72. The van der Waals surface area contributed by atoms with Crippen LogP contribution < -0.4 is 5.32 Å². The smallest absolute Gasteiger partial charge is 0.139 e. The number of imidazole rings is 1. The highest BCUT2D eigenvalue weighted by Crippen LogP contribution is 2.15. The summed E-state index contributed by atoms with van der Waals surface area (Å²) in [5.41, 5.74) is 3.49. The normalized spacial score (nSPS) is 19.9. The molecule has 4 nitrogen and oxygen atoms in total. The average molecular weight is 272 g/mol. The maximum Gasteiger partial charge on any atom is 0.139 e. The van der Waals surface area contributed by atoms with E-state index in [1.54, 1.807) is 0 Å². The van der Waals surface area contributed by atoms with Gasteiger partial charge < -0.3 is 9.72 Å². The summed E-state index contributed by atoms with van der Waals surface area (Å²) in [7, 11) is 0. The van der Waals surface area contributed by atoms with Gasteiger partial charge in [-0.2, -0.15) is 0 Å². The second-order valence-electron chi connectivity index (χ2n) is 5.72. The summed E-state index contributed by atoms with van der Waals surface area (Å²) >= 11 is 0. The fourth-order valence-corrected chi connectivity index (χ4v) is 3.13. The van der Waals surface area contributed by atoms with Crippen LogP contribution >= 0.6 is 0 Å². The van der Waals surface area contributed by atoms with Gasteiger partial charge in [0.15, 0.2) is 0 Å². The highest BCUT2D eigenvalue weighted by molar-refractivity contribution is 5.47. The van der Waals surface area contributed by atoms with Gasteiger partial charge in [-0.1, -0.05) is 13.0 Å². The van der Waals surface area contributed by atoms with E-state index in [1.807, 2.05) is 0 Å². The van der Waals surface area contributed by atoms with Crippen LogP contribution in [0.4, 0.5) is 0 Å². The lowest BCUT2D eigenvalue weighted by molar-refractivity contribution is 0.164. The molecular formula is C16H24N4. The number of pyridine rings is 1. The van der Waals surface area contributed by atoms with Gasteiger partial charge in [-0.25, -0.2) is 4.98 Å². The lowest BCUT2D eigenvalue weighted by atomic mass is 10.1. The van der Waals surface area contributed by atoms with Gasteiger partial charge in [0.05, 0.1) is 5.69 Å². The predicted octanol–water partition coefficient (Wildman–Crippen LogP) is 2.22. The van der Waals surface area contributed by atoms with Crippen LogP contribution in [0.1, 0.15) is 31.0 Å². The van der Waals surface area contributed by atoms with Crippen LogP contribution in [0.5, 0.6) is 0 Å². The van der Waals surface area contributed by atoms with Crippen molar-refractivity contribution >= 4 is 5.65 Å². The van der Waals surface area contributed by atoms with E-state index in [2.05, 4.69) is 53.0 Å². The molecule has 108 valence electrons. The predicted molar refractivity (Wildman–Crippen MR) is 81.9 cm³/mol. The van der Waals surface area contributed by atoms with Gasteiger partial charge in [0.1, 0.15) is 5.65 Å². The fourth-order valence-electron chi connectivity index (χ4n) is 3.13. The maximum atomic E-state index is 4.80. The van der Waals surface area contributed by atoms with Crippen LogP contribution in [0.25, 0.3) is 5.65 Å².